The third-order valence-corrected chi connectivity index (χ3v) is 7.96. The van der Waals surface area contributed by atoms with Gasteiger partial charge in [0, 0.05) is 30.1 Å². The number of aliphatic carboxylic acids is 1. The predicted molar refractivity (Wildman–Crippen MR) is 127 cm³/mol. The molecule has 0 radical (unpaired) electrons. The Morgan fingerprint density at radius 2 is 1.91 bits per heavy atom. The number of alkyl halides is 2. The van der Waals surface area contributed by atoms with Crippen LogP contribution in [0.3, 0.4) is 0 Å². The second-order valence-electron chi connectivity index (χ2n) is 11.5. The number of carbonyl (C=O) groups is 2. The zero-order valence-electron chi connectivity index (χ0n) is 20.1. The van der Waals surface area contributed by atoms with Gasteiger partial charge in [-0.3, -0.25) is 9.69 Å². The lowest BCUT2D eigenvalue weighted by atomic mass is 9.64. The van der Waals surface area contributed by atoms with Crippen LogP contribution in [0.4, 0.5) is 13.6 Å². The van der Waals surface area contributed by atoms with Crippen LogP contribution in [0.1, 0.15) is 70.9 Å². The molecule has 1 aliphatic heterocycles. The third kappa shape index (κ3) is 4.81. The van der Waals surface area contributed by atoms with Gasteiger partial charge in [0.1, 0.15) is 0 Å². The maximum Gasteiger partial charge on any atom is 0.322 e. The van der Waals surface area contributed by atoms with Crippen molar-refractivity contribution >= 4 is 23.6 Å². The van der Waals surface area contributed by atoms with Crippen molar-refractivity contribution in [1.29, 1.82) is 0 Å². The Labute approximate surface area is 204 Å². The van der Waals surface area contributed by atoms with E-state index in [-0.39, 0.29) is 24.2 Å². The number of nitrogens with one attached hydrogen (secondary N) is 1. The summed E-state index contributed by atoms with van der Waals surface area (Å²) in [6.45, 7) is 8.42. The summed E-state index contributed by atoms with van der Waals surface area (Å²) in [6.07, 6.45) is 3.70. The van der Waals surface area contributed by atoms with E-state index in [2.05, 4.69) is 26.1 Å². The third-order valence-electron chi connectivity index (χ3n) is 7.61. The van der Waals surface area contributed by atoms with Crippen LogP contribution in [0.25, 0.3) is 0 Å². The Morgan fingerprint density at radius 1 is 1.26 bits per heavy atom. The summed E-state index contributed by atoms with van der Waals surface area (Å²) in [6, 6.07) is 4.83. The second-order valence-corrected chi connectivity index (χ2v) is 11.9. The lowest BCUT2D eigenvalue weighted by molar-refractivity contribution is -0.146. The summed E-state index contributed by atoms with van der Waals surface area (Å²) in [7, 11) is 0. The summed E-state index contributed by atoms with van der Waals surface area (Å²) in [5.41, 5.74) is 1.95. The molecule has 8 heteroatoms. The minimum Gasteiger partial charge on any atom is -0.481 e. The van der Waals surface area contributed by atoms with E-state index in [1.807, 2.05) is 25.1 Å². The summed E-state index contributed by atoms with van der Waals surface area (Å²) in [4.78, 5) is 25.8. The molecule has 1 heterocycles. The van der Waals surface area contributed by atoms with Gasteiger partial charge in [-0.15, -0.1) is 0 Å². The zero-order valence-corrected chi connectivity index (χ0v) is 20.9. The number of aryl methyl sites for hydroxylation is 1. The van der Waals surface area contributed by atoms with Crippen molar-refractivity contribution in [3.63, 3.8) is 0 Å². The summed E-state index contributed by atoms with van der Waals surface area (Å²) in [5.74, 6) is -4.08. The van der Waals surface area contributed by atoms with E-state index >= 15 is 0 Å². The predicted octanol–water partition coefficient (Wildman–Crippen LogP) is 6.35. The molecule has 3 aliphatic rings. The first-order valence-corrected chi connectivity index (χ1v) is 12.3. The first-order chi connectivity index (χ1) is 15.7. The summed E-state index contributed by atoms with van der Waals surface area (Å²) >= 11 is 6.65. The number of urea groups is 1. The van der Waals surface area contributed by atoms with E-state index in [9.17, 15) is 23.5 Å². The van der Waals surface area contributed by atoms with Gasteiger partial charge in [0.25, 0.3) is 5.92 Å². The Bertz CT molecular complexity index is 1020. The fourth-order valence-corrected chi connectivity index (χ4v) is 5.46. The monoisotopic (exact) mass is 494 g/mol. The molecular formula is C26H33ClF2N2O3. The molecule has 2 N–H and O–H groups in total. The second kappa shape index (κ2) is 8.51. The normalized spacial score (nSPS) is 29.1. The molecule has 2 amide bonds. The van der Waals surface area contributed by atoms with Gasteiger partial charge in [0.2, 0.25) is 0 Å². The average Bonchev–Trinajstić information content (AvgIpc) is 2.64. The van der Waals surface area contributed by atoms with Gasteiger partial charge in [-0.25, -0.2) is 13.6 Å². The summed E-state index contributed by atoms with van der Waals surface area (Å²) < 4.78 is 27.0. The van der Waals surface area contributed by atoms with Crippen molar-refractivity contribution in [2.24, 2.45) is 17.3 Å². The van der Waals surface area contributed by atoms with Gasteiger partial charge in [-0.05, 0) is 66.7 Å². The number of hydrogen-bond donors (Lipinski definition) is 2. The molecule has 1 aromatic rings. The largest absolute Gasteiger partial charge is 0.481 e. The molecule has 1 aromatic carbocycles. The standard InChI is InChI=1S/C26H33ClF2N2O3/c1-24(2,3)8-7-15-5-6-18(11-21(15)27)25(4)20(16-9-17(10-16)22(32)33)14-31(23(34)30-25)19-12-26(28,29)13-19/h5-6,11,14,16-17,19H,7-10,12-13H2,1-4H3,(H,30,34)(H,32,33)/t16-,17+,25-/m0/s1. The number of amides is 2. The van der Waals surface area contributed by atoms with Crippen molar-refractivity contribution in [1.82, 2.24) is 10.2 Å². The highest BCUT2D eigenvalue weighted by molar-refractivity contribution is 6.31. The Kier molecular flexibility index (Phi) is 6.24. The number of carboxylic acids is 1. The molecule has 0 spiro atoms. The lowest BCUT2D eigenvalue weighted by Gasteiger charge is -2.50. The molecule has 5 nitrogen and oxygen atoms in total. The topological polar surface area (TPSA) is 69.6 Å². The molecule has 0 unspecified atom stereocenters. The first-order valence-electron chi connectivity index (χ1n) is 11.9. The maximum absolute atomic E-state index is 13.5. The molecule has 2 saturated carbocycles. The van der Waals surface area contributed by atoms with Gasteiger partial charge in [-0.2, -0.15) is 0 Å². The number of rotatable bonds is 6. The molecule has 0 bridgehead atoms. The molecule has 1 atom stereocenters. The van der Waals surface area contributed by atoms with Crippen LogP contribution in [0, 0.1) is 17.3 Å². The van der Waals surface area contributed by atoms with Crippen molar-refractivity contribution in [2.45, 2.75) is 83.7 Å². The van der Waals surface area contributed by atoms with Gasteiger partial charge in [0.05, 0.1) is 11.5 Å². The van der Waals surface area contributed by atoms with Gasteiger partial charge in [-0.1, -0.05) is 44.5 Å². The van der Waals surface area contributed by atoms with Crippen LogP contribution in [-0.2, 0) is 16.8 Å². The molecule has 0 saturated heterocycles. The summed E-state index contributed by atoms with van der Waals surface area (Å²) in [5, 5.41) is 13.0. The first kappa shape index (κ1) is 25.0. The molecule has 2 aliphatic carbocycles. The van der Waals surface area contributed by atoms with Gasteiger partial charge >= 0.3 is 12.0 Å². The number of benzene rings is 1. The molecule has 0 aromatic heterocycles. The number of carboxylic acid groups (broad SMARTS) is 1. The highest BCUT2D eigenvalue weighted by atomic mass is 35.5. The van der Waals surface area contributed by atoms with E-state index < -0.39 is 35.4 Å². The highest BCUT2D eigenvalue weighted by Crippen LogP contribution is 2.49. The van der Waals surface area contributed by atoms with E-state index in [0.29, 0.717) is 17.9 Å². The lowest BCUT2D eigenvalue weighted by Crippen LogP contribution is -2.61. The van der Waals surface area contributed by atoms with Crippen molar-refractivity contribution < 1.29 is 23.5 Å². The van der Waals surface area contributed by atoms with E-state index in [4.69, 9.17) is 11.6 Å². The van der Waals surface area contributed by atoms with E-state index in [1.165, 1.54) is 4.90 Å². The van der Waals surface area contributed by atoms with Crippen LogP contribution >= 0.6 is 11.6 Å². The maximum atomic E-state index is 13.5. The number of carbonyl (C=O) groups excluding carboxylic acids is 1. The molecule has 4 rings (SSSR count). The van der Waals surface area contributed by atoms with Crippen LogP contribution in [0.5, 0.6) is 0 Å². The Hall–Kier alpha value is -2.15. The van der Waals surface area contributed by atoms with Gasteiger partial charge < -0.3 is 10.4 Å². The quantitative estimate of drug-likeness (QED) is 0.484. The molecule has 34 heavy (non-hydrogen) atoms. The number of halogens is 3. The fourth-order valence-electron chi connectivity index (χ4n) is 5.18. The van der Waals surface area contributed by atoms with Gasteiger partial charge in [0.15, 0.2) is 0 Å². The van der Waals surface area contributed by atoms with Crippen LogP contribution in [-0.4, -0.2) is 34.0 Å². The van der Waals surface area contributed by atoms with Crippen molar-refractivity contribution in [3.05, 3.63) is 46.1 Å². The van der Waals surface area contributed by atoms with E-state index in [1.54, 1.807) is 6.20 Å². The average molecular weight is 495 g/mol. The number of nitrogens with zero attached hydrogens (tertiary/aromatic N) is 1. The van der Waals surface area contributed by atoms with Crippen molar-refractivity contribution in [2.75, 3.05) is 0 Å². The number of hydrogen-bond acceptors (Lipinski definition) is 2. The Balaban J connectivity index is 1.65. The smallest absolute Gasteiger partial charge is 0.322 e. The zero-order chi connectivity index (χ0) is 25.1. The minimum atomic E-state index is -2.75. The fraction of sp³-hybridized carbons (Fsp3) is 0.615. The van der Waals surface area contributed by atoms with Crippen LogP contribution < -0.4 is 5.32 Å². The van der Waals surface area contributed by atoms with E-state index in [0.717, 1.165) is 29.5 Å². The highest BCUT2D eigenvalue weighted by Gasteiger charge is 2.53. The van der Waals surface area contributed by atoms with Crippen LogP contribution in [0.2, 0.25) is 5.02 Å². The van der Waals surface area contributed by atoms with Crippen molar-refractivity contribution in [3.8, 4) is 0 Å². The Morgan fingerprint density at radius 3 is 2.44 bits per heavy atom. The van der Waals surface area contributed by atoms with Crippen LogP contribution in [0.15, 0.2) is 30.0 Å². The molecule has 186 valence electrons. The SMILES string of the molecule is CC(C)(C)CCc1ccc([C@]2(C)NC(=O)N(C3CC(F)(F)C3)C=C2[C@H]2C[C@@H](C(=O)O)C2)cc1Cl. The minimum absolute atomic E-state index is 0.0610. The molecular weight excluding hydrogens is 462 g/mol. The molecule has 2 fully saturated rings.